The summed E-state index contributed by atoms with van der Waals surface area (Å²) in [5.41, 5.74) is 14.0. The molecule has 0 bridgehead atoms. The van der Waals surface area contributed by atoms with Gasteiger partial charge in [0.2, 0.25) is 0 Å². The van der Waals surface area contributed by atoms with E-state index in [9.17, 15) is 0 Å². The summed E-state index contributed by atoms with van der Waals surface area (Å²) in [6, 6.07) is 65.8. The highest BCUT2D eigenvalue weighted by molar-refractivity contribution is 6.92. The van der Waals surface area contributed by atoms with Crippen LogP contribution in [0.25, 0.3) is 66.1 Å². The molecule has 0 amide bonds. The standard InChI is InChI=1S/C48H30BN3O/c1-2-14-31(15-3-1)52-44-24-12-7-18-35(44)37-27-29-45(48-47(37)49(52)39-20-8-13-25-46(39)53-48)51-42-23-11-6-19-36(42)38-30-32(26-28-43(38)51)50-40-21-9-4-16-33(40)34-17-5-10-22-41(34)50/h1-30H. The van der Waals surface area contributed by atoms with E-state index in [-0.39, 0.29) is 6.85 Å². The second-order valence-electron chi connectivity index (χ2n) is 14.1. The number of ether oxygens (including phenoxy) is 1. The molecule has 10 aromatic rings. The fourth-order valence-electron chi connectivity index (χ4n) is 9.20. The summed E-state index contributed by atoms with van der Waals surface area (Å²) >= 11 is 0. The Morgan fingerprint density at radius 1 is 0.396 bits per heavy atom. The van der Waals surface area contributed by atoms with Gasteiger partial charge in [-0.25, -0.2) is 0 Å². The van der Waals surface area contributed by atoms with Crippen molar-refractivity contribution in [3.63, 3.8) is 0 Å². The first-order valence-corrected chi connectivity index (χ1v) is 18.2. The van der Waals surface area contributed by atoms with Crippen molar-refractivity contribution >= 4 is 72.8 Å². The zero-order chi connectivity index (χ0) is 34.6. The maximum atomic E-state index is 7.10. The van der Waals surface area contributed by atoms with Crippen molar-refractivity contribution < 1.29 is 4.74 Å². The van der Waals surface area contributed by atoms with Crippen molar-refractivity contribution in [1.82, 2.24) is 9.13 Å². The lowest BCUT2D eigenvalue weighted by Crippen LogP contribution is -2.59. The predicted molar refractivity (Wildman–Crippen MR) is 221 cm³/mol. The van der Waals surface area contributed by atoms with Crippen LogP contribution in [0.3, 0.4) is 0 Å². The summed E-state index contributed by atoms with van der Waals surface area (Å²) in [6.07, 6.45) is 0. The van der Waals surface area contributed by atoms with E-state index in [0.717, 1.165) is 45.1 Å². The van der Waals surface area contributed by atoms with E-state index < -0.39 is 0 Å². The maximum absolute atomic E-state index is 7.10. The van der Waals surface area contributed by atoms with Crippen molar-refractivity contribution in [2.24, 2.45) is 0 Å². The predicted octanol–water partition coefficient (Wildman–Crippen LogP) is 10.9. The average Bonchev–Trinajstić information content (AvgIpc) is 3.74. The fraction of sp³-hybridized carbons (Fsp3) is 0. The Hall–Kier alpha value is -6.98. The number of hydrogen-bond acceptors (Lipinski definition) is 2. The van der Waals surface area contributed by atoms with Crippen molar-refractivity contribution in [3.05, 3.63) is 182 Å². The highest BCUT2D eigenvalue weighted by Crippen LogP contribution is 2.46. The molecule has 4 heterocycles. The average molecular weight is 676 g/mol. The number of fused-ring (bicyclic) bond motifs is 10. The monoisotopic (exact) mass is 675 g/mol. The normalized spacial score (nSPS) is 13.0. The summed E-state index contributed by atoms with van der Waals surface area (Å²) in [5, 5.41) is 4.93. The van der Waals surface area contributed by atoms with Crippen LogP contribution in [0.1, 0.15) is 0 Å². The molecule has 0 unspecified atom stereocenters. The van der Waals surface area contributed by atoms with Crippen LogP contribution < -0.4 is 20.5 Å². The number of para-hydroxylation sites is 6. The van der Waals surface area contributed by atoms with Crippen LogP contribution in [0.15, 0.2) is 182 Å². The van der Waals surface area contributed by atoms with Gasteiger partial charge in [-0.1, -0.05) is 115 Å². The first-order chi connectivity index (χ1) is 26.3. The van der Waals surface area contributed by atoms with Crippen LogP contribution in [0.4, 0.5) is 11.4 Å². The number of anilines is 2. The second kappa shape index (κ2) is 10.8. The number of nitrogens with zero attached hydrogens (tertiary/aromatic N) is 3. The zero-order valence-corrected chi connectivity index (χ0v) is 28.6. The molecule has 2 aromatic heterocycles. The molecule has 12 rings (SSSR count). The van der Waals surface area contributed by atoms with E-state index in [4.69, 9.17) is 4.74 Å². The third kappa shape index (κ3) is 3.91. The molecule has 0 saturated carbocycles. The van der Waals surface area contributed by atoms with Crippen LogP contribution in [0.2, 0.25) is 0 Å². The van der Waals surface area contributed by atoms with Crippen molar-refractivity contribution in [2.45, 2.75) is 0 Å². The summed E-state index contributed by atoms with van der Waals surface area (Å²) in [6.45, 7) is -0.0720. The first kappa shape index (κ1) is 28.7. The molecule has 2 aliphatic heterocycles. The molecule has 0 spiro atoms. The molecule has 5 heteroatoms. The van der Waals surface area contributed by atoms with Crippen molar-refractivity contribution in [3.8, 4) is 34.0 Å². The van der Waals surface area contributed by atoms with Gasteiger partial charge in [-0.05, 0) is 77.8 Å². The van der Waals surface area contributed by atoms with Crippen LogP contribution in [0.5, 0.6) is 11.5 Å². The van der Waals surface area contributed by atoms with Crippen LogP contribution in [-0.2, 0) is 0 Å². The summed E-state index contributed by atoms with van der Waals surface area (Å²) in [4.78, 5) is 2.50. The van der Waals surface area contributed by atoms with Crippen molar-refractivity contribution in [2.75, 3.05) is 4.81 Å². The number of rotatable bonds is 3. The number of aromatic nitrogens is 2. The molecule has 53 heavy (non-hydrogen) atoms. The highest BCUT2D eigenvalue weighted by Gasteiger charge is 2.44. The van der Waals surface area contributed by atoms with E-state index in [2.05, 4.69) is 196 Å². The van der Waals surface area contributed by atoms with Gasteiger partial charge in [0.25, 0.3) is 0 Å². The topological polar surface area (TPSA) is 22.3 Å². The lowest BCUT2D eigenvalue weighted by atomic mass is 9.44. The molecular formula is C48H30BN3O. The second-order valence-corrected chi connectivity index (χ2v) is 14.1. The number of hydrogen-bond donors (Lipinski definition) is 0. The fourth-order valence-corrected chi connectivity index (χ4v) is 9.20. The van der Waals surface area contributed by atoms with E-state index in [1.807, 2.05) is 0 Å². The van der Waals surface area contributed by atoms with Crippen molar-refractivity contribution in [1.29, 1.82) is 0 Å². The van der Waals surface area contributed by atoms with Gasteiger partial charge in [0.1, 0.15) is 11.5 Å². The van der Waals surface area contributed by atoms with Gasteiger partial charge >= 0.3 is 6.85 Å². The maximum Gasteiger partial charge on any atom is 0.336 e. The van der Waals surface area contributed by atoms with Crippen LogP contribution in [-0.4, -0.2) is 16.0 Å². The molecule has 0 radical (unpaired) electrons. The van der Waals surface area contributed by atoms with Gasteiger partial charge in [0, 0.05) is 49.6 Å². The molecule has 246 valence electrons. The quantitative estimate of drug-likeness (QED) is 0.174. The summed E-state index contributed by atoms with van der Waals surface area (Å²) in [7, 11) is 0. The molecule has 0 saturated heterocycles. The first-order valence-electron chi connectivity index (χ1n) is 18.2. The molecule has 4 nitrogen and oxygen atoms in total. The largest absolute Gasteiger partial charge is 0.456 e. The molecule has 0 atom stereocenters. The summed E-state index contributed by atoms with van der Waals surface area (Å²) in [5.74, 6) is 1.79. The van der Waals surface area contributed by atoms with Crippen LogP contribution >= 0.6 is 0 Å². The van der Waals surface area contributed by atoms with Gasteiger partial charge < -0.3 is 18.7 Å². The Labute approximate surface area is 306 Å². The Morgan fingerprint density at radius 3 is 1.77 bits per heavy atom. The SMILES string of the molecule is c1ccc(N2B3c4ccccc4Oc4c(-n5c6ccccc6c6cc(-n7c8ccccc8c8ccccc87)ccc65)ccc(c43)-c3ccccc32)cc1. The lowest BCUT2D eigenvalue weighted by molar-refractivity contribution is 0.485. The molecule has 0 aliphatic carbocycles. The Bertz CT molecular complexity index is 3070. The van der Waals surface area contributed by atoms with Gasteiger partial charge in [-0.3, -0.25) is 0 Å². The third-order valence-corrected chi connectivity index (χ3v) is 11.4. The van der Waals surface area contributed by atoms with Gasteiger partial charge in [0.15, 0.2) is 0 Å². The molecule has 0 N–H and O–H groups in total. The highest BCUT2D eigenvalue weighted by atomic mass is 16.5. The van der Waals surface area contributed by atoms with E-state index in [1.165, 1.54) is 54.9 Å². The molecule has 0 fully saturated rings. The molecule has 2 aliphatic rings. The Balaban J connectivity index is 1.14. The van der Waals surface area contributed by atoms with Gasteiger partial charge in [-0.2, -0.15) is 0 Å². The minimum Gasteiger partial charge on any atom is -0.456 e. The lowest BCUT2D eigenvalue weighted by Gasteiger charge is -2.42. The van der Waals surface area contributed by atoms with E-state index in [1.54, 1.807) is 0 Å². The zero-order valence-electron chi connectivity index (χ0n) is 28.6. The summed E-state index contributed by atoms with van der Waals surface area (Å²) < 4.78 is 11.9. The number of benzene rings is 8. The third-order valence-electron chi connectivity index (χ3n) is 11.4. The molecule has 8 aromatic carbocycles. The van der Waals surface area contributed by atoms with Gasteiger partial charge in [0.05, 0.1) is 27.8 Å². The van der Waals surface area contributed by atoms with Gasteiger partial charge in [-0.15, -0.1) is 0 Å². The molecular weight excluding hydrogens is 645 g/mol. The Kier molecular flexibility index (Phi) is 5.83. The Morgan fingerprint density at radius 2 is 1.00 bits per heavy atom. The van der Waals surface area contributed by atoms with Crippen LogP contribution in [0, 0.1) is 0 Å². The smallest absolute Gasteiger partial charge is 0.336 e. The minimum atomic E-state index is -0.0720. The van der Waals surface area contributed by atoms with E-state index in [0.29, 0.717) is 0 Å². The van der Waals surface area contributed by atoms with E-state index >= 15 is 0 Å². The minimum absolute atomic E-state index is 0.0720.